The first kappa shape index (κ1) is 15.1. The quantitative estimate of drug-likeness (QED) is 0.724. The fourth-order valence-electron chi connectivity index (χ4n) is 3.59. The zero-order valence-electron chi connectivity index (χ0n) is 13.9. The largest absolute Gasteiger partial charge is 0.336 e. The summed E-state index contributed by atoms with van der Waals surface area (Å²) in [6, 6.07) is 7.20. The van der Waals surface area contributed by atoms with Crippen LogP contribution in [-0.4, -0.2) is 41.8 Å². The smallest absolute Gasteiger partial charge is 0.138 e. The van der Waals surface area contributed by atoms with Crippen molar-refractivity contribution in [1.29, 1.82) is 0 Å². The summed E-state index contributed by atoms with van der Waals surface area (Å²) < 4.78 is 4.00. The van der Waals surface area contributed by atoms with Crippen molar-refractivity contribution in [3.8, 4) is 5.69 Å². The van der Waals surface area contributed by atoms with Crippen LogP contribution >= 0.6 is 0 Å². The molecule has 3 aromatic rings. The molecule has 0 aliphatic carbocycles. The van der Waals surface area contributed by atoms with E-state index in [1.807, 2.05) is 23.4 Å². The maximum Gasteiger partial charge on any atom is 0.138 e. The van der Waals surface area contributed by atoms with E-state index in [2.05, 4.69) is 49.7 Å². The predicted molar refractivity (Wildman–Crippen MR) is 91.8 cm³/mol. The average molecular weight is 322 g/mol. The third-order valence-electron chi connectivity index (χ3n) is 4.79. The molecule has 0 saturated carbocycles. The Morgan fingerprint density at radius 3 is 2.92 bits per heavy atom. The molecular weight excluding hydrogens is 300 g/mol. The van der Waals surface area contributed by atoms with Gasteiger partial charge in [0.1, 0.15) is 12.7 Å². The van der Waals surface area contributed by atoms with Crippen LogP contribution in [0.3, 0.4) is 0 Å². The standard InChI is InChI=1S/C18H22N6/c1-15-9-16(4-5-18(15)24-14-20-12-21-24)10-23-7-2-3-17(23)11-22-8-6-19-13-22/h4-6,8-9,12-14,17H,2-3,7,10-11H2,1H3/t17-/m0/s1. The summed E-state index contributed by atoms with van der Waals surface area (Å²) in [5, 5.41) is 4.22. The van der Waals surface area contributed by atoms with Crippen molar-refractivity contribution >= 4 is 0 Å². The highest BCUT2D eigenvalue weighted by molar-refractivity contribution is 5.41. The first-order valence-corrected chi connectivity index (χ1v) is 8.44. The minimum atomic E-state index is 0.592. The molecule has 0 bridgehead atoms. The molecule has 1 aliphatic rings. The van der Waals surface area contributed by atoms with Crippen molar-refractivity contribution in [2.45, 2.75) is 38.9 Å². The molecule has 1 aliphatic heterocycles. The minimum Gasteiger partial charge on any atom is -0.336 e. The van der Waals surface area contributed by atoms with Crippen LogP contribution in [0.1, 0.15) is 24.0 Å². The number of likely N-dealkylation sites (tertiary alicyclic amines) is 1. The first-order valence-electron chi connectivity index (χ1n) is 8.44. The minimum absolute atomic E-state index is 0.592. The summed E-state index contributed by atoms with van der Waals surface area (Å²) in [5.41, 5.74) is 3.67. The van der Waals surface area contributed by atoms with E-state index in [9.17, 15) is 0 Å². The van der Waals surface area contributed by atoms with Gasteiger partial charge in [-0.05, 0) is 43.5 Å². The Morgan fingerprint density at radius 2 is 2.17 bits per heavy atom. The van der Waals surface area contributed by atoms with Crippen molar-refractivity contribution in [3.63, 3.8) is 0 Å². The molecule has 0 amide bonds. The van der Waals surface area contributed by atoms with Crippen LogP contribution in [0.15, 0.2) is 49.6 Å². The van der Waals surface area contributed by atoms with E-state index in [-0.39, 0.29) is 0 Å². The lowest BCUT2D eigenvalue weighted by Crippen LogP contribution is -2.32. The number of aryl methyl sites for hydroxylation is 1. The average Bonchev–Trinajstić information content (AvgIpc) is 3.32. The summed E-state index contributed by atoms with van der Waals surface area (Å²) in [5.74, 6) is 0. The molecule has 6 nitrogen and oxygen atoms in total. The predicted octanol–water partition coefficient (Wildman–Crippen LogP) is 2.44. The van der Waals surface area contributed by atoms with Gasteiger partial charge in [-0.2, -0.15) is 5.10 Å². The van der Waals surface area contributed by atoms with Crippen molar-refractivity contribution in [3.05, 3.63) is 60.7 Å². The van der Waals surface area contributed by atoms with Gasteiger partial charge in [0.2, 0.25) is 0 Å². The molecule has 24 heavy (non-hydrogen) atoms. The Kier molecular flexibility index (Phi) is 4.13. The molecule has 6 heteroatoms. The van der Waals surface area contributed by atoms with E-state index in [1.54, 1.807) is 12.7 Å². The van der Waals surface area contributed by atoms with Crippen LogP contribution in [-0.2, 0) is 13.1 Å². The third-order valence-corrected chi connectivity index (χ3v) is 4.79. The van der Waals surface area contributed by atoms with Gasteiger partial charge in [-0.1, -0.05) is 12.1 Å². The molecule has 4 rings (SSSR count). The van der Waals surface area contributed by atoms with Gasteiger partial charge in [-0.15, -0.1) is 0 Å². The van der Waals surface area contributed by atoms with Crippen LogP contribution in [0.25, 0.3) is 5.69 Å². The number of aromatic nitrogens is 5. The molecule has 1 aromatic carbocycles. The maximum atomic E-state index is 4.22. The Bertz CT molecular complexity index is 778. The Labute approximate surface area is 141 Å². The van der Waals surface area contributed by atoms with E-state index < -0.39 is 0 Å². The maximum absolute atomic E-state index is 4.22. The number of benzene rings is 1. The normalized spacial score (nSPS) is 18.3. The molecule has 0 spiro atoms. The van der Waals surface area contributed by atoms with Crippen molar-refractivity contribution in [1.82, 2.24) is 29.2 Å². The van der Waals surface area contributed by atoms with Gasteiger partial charge in [0, 0.05) is 31.5 Å². The molecule has 1 fully saturated rings. The molecule has 1 atom stereocenters. The lowest BCUT2D eigenvalue weighted by molar-refractivity contribution is 0.224. The van der Waals surface area contributed by atoms with Crippen LogP contribution < -0.4 is 0 Å². The van der Waals surface area contributed by atoms with Gasteiger partial charge in [0.05, 0.1) is 12.0 Å². The van der Waals surface area contributed by atoms with Crippen LogP contribution in [0.4, 0.5) is 0 Å². The highest BCUT2D eigenvalue weighted by atomic mass is 15.3. The molecule has 1 saturated heterocycles. The molecular formula is C18H22N6. The van der Waals surface area contributed by atoms with Crippen LogP contribution in [0.5, 0.6) is 0 Å². The summed E-state index contributed by atoms with van der Waals surface area (Å²) in [6.07, 6.45) is 11.7. The topological polar surface area (TPSA) is 51.8 Å². The van der Waals surface area contributed by atoms with E-state index in [0.717, 1.165) is 18.8 Å². The summed E-state index contributed by atoms with van der Waals surface area (Å²) >= 11 is 0. The molecule has 0 radical (unpaired) electrons. The molecule has 2 aromatic heterocycles. The van der Waals surface area contributed by atoms with E-state index in [1.165, 1.54) is 30.5 Å². The van der Waals surface area contributed by atoms with Gasteiger partial charge >= 0.3 is 0 Å². The number of hydrogen-bond donors (Lipinski definition) is 0. The Hall–Kier alpha value is -2.47. The van der Waals surface area contributed by atoms with Gasteiger partial charge in [-0.25, -0.2) is 14.6 Å². The summed E-state index contributed by atoms with van der Waals surface area (Å²) in [6.45, 7) is 5.32. The second-order valence-electron chi connectivity index (χ2n) is 6.49. The Balaban J connectivity index is 1.47. The molecule has 124 valence electrons. The lowest BCUT2D eigenvalue weighted by atomic mass is 10.1. The van der Waals surface area contributed by atoms with E-state index in [0.29, 0.717) is 6.04 Å². The number of imidazole rings is 1. The van der Waals surface area contributed by atoms with Crippen molar-refractivity contribution in [2.24, 2.45) is 0 Å². The van der Waals surface area contributed by atoms with Gasteiger partial charge in [0.25, 0.3) is 0 Å². The summed E-state index contributed by atoms with van der Waals surface area (Å²) in [4.78, 5) is 10.8. The fourth-order valence-corrected chi connectivity index (χ4v) is 3.59. The first-order chi connectivity index (χ1) is 11.8. The second kappa shape index (κ2) is 6.57. The zero-order valence-corrected chi connectivity index (χ0v) is 13.9. The van der Waals surface area contributed by atoms with Gasteiger partial charge < -0.3 is 4.57 Å². The highest BCUT2D eigenvalue weighted by Gasteiger charge is 2.24. The second-order valence-corrected chi connectivity index (χ2v) is 6.49. The van der Waals surface area contributed by atoms with E-state index in [4.69, 9.17) is 0 Å². The number of nitrogens with zero attached hydrogens (tertiary/aromatic N) is 6. The van der Waals surface area contributed by atoms with Crippen LogP contribution in [0.2, 0.25) is 0 Å². The van der Waals surface area contributed by atoms with Crippen molar-refractivity contribution in [2.75, 3.05) is 6.54 Å². The molecule has 0 N–H and O–H groups in total. The lowest BCUT2D eigenvalue weighted by Gasteiger charge is -2.25. The Morgan fingerprint density at radius 1 is 1.21 bits per heavy atom. The zero-order chi connectivity index (χ0) is 16.4. The SMILES string of the molecule is Cc1cc(CN2CCC[C@H]2Cn2ccnc2)ccc1-n1cncn1. The van der Waals surface area contributed by atoms with Crippen LogP contribution in [0, 0.1) is 6.92 Å². The highest BCUT2D eigenvalue weighted by Crippen LogP contribution is 2.23. The van der Waals surface area contributed by atoms with Gasteiger partial charge in [0.15, 0.2) is 0 Å². The van der Waals surface area contributed by atoms with Gasteiger partial charge in [-0.3, -0.25) is 4.90 Å². The van der Waals surface area contributed by atoms with Crippen molar-refractivity contribution < 1.29 is 0 Å². The van der Waals surface area contributed by atoms with E-state index >= 15 is 0 Å². The third kappa shape index (κ3) is 3.10. The number of rotatable bonds is 5. The molecule has 0 unspecified atom stereocenters. The summed E-state index contributed by atoms with van der Waals surface area (Å²) in [7, 11) is 0. The fraction of sp³-hybridized carbons (Fsp3) is 0.389. The monoisotopic (exact) mass is 322 g/mol. The molecule has 3 heterocycles. The number of hydrogen-bond acceptors (Lipinski definition) is 4.